The lowest BCUT2D eigenvalue weighted by molar-refractivity contribution is -0.126. The van der Waals surface area contributed by atoms with Crippen LogP contribution in [-0.2, 0) is 4.79 Å². The maximum absolute atomic E-state index is 11.9. The minimum atomic E-state index is 0.159. The third-order valence-electron chi connectivity index (χ3n) is 3.90. The molecule has 0 aromatic carbocycles. The Morgan fingerprint density at radius 1 is 1.56 bits per heavy atom. The molecule has 2 rings (SSSR count). The summed E-state index contributed by atoms with van der Waals surface area (Å²) in [6.07, 6.45) is 3.78. The standard InChI is InChI=1S/C13H22N4O/c1-3-8(4-2)13(18)15-10-5-9(6-10)11-7-12(14)17-16-11/h7-10H,3-6H2,1-2H3,(H,15,18)(H3,14,16,17). The Balaban J connectivity index is 1.78. The third-order valence-corrected chi connectivity index (χ3v) is 3.90. The zero-order valence-electron chi connectivity index (χ0n) is 11.1. The van der Waals surface area contributed by atoms with Crippen molar-refractivity contribution in [2.75, 3.05) is 5.73 Å². The number of nitrogens with two attached hydrogens (primary N) is 1. The summed E-state index contributed by atoms with van der Waals surface area (Å²) in [6, 6.07) is 2.19. The van der Waals surface area contributed by atoms with Crippen LogP contribution in [-0.4, -0.2) is 22.1 Å². The second-order valence-corrected chi connectivity index (χ2v) is 5.14. The molecule has 1 aromatic heterocycles. The highest BCUT2D eigenvalue weighted by Gasteiger charge is 2.33. The predicted octanol–water partition coefficient (Wildman–Crippen LogP) is 1.79. The van der Waals surface area contributed by atoms with E-state index >= 15 is 0 Å². The molecule has 1 aliphatic rings. The lowest BCUT2D eigenvalue weighted by Gasteiger charge is -2.35. The first kappa shape index (κ1) is 12.9. The van der Waals surface area contributed by atoms with Crippen molar-refractivity contribution in [3.63, 3.8) is 0 Å². The number of H-pyrrole nitrogens is 1. The second kappa shape index (κ2) is 5.42. The zero-order chi connectivity index (χ0) is 13.1. The topological polar surface area (TPSA) is 83.8 Å². The van der Waals surface area contributed by atoms with Crippen molar-refractivity contribution in [3.8, 4) is 0 Å². The molecule has 18 heavy (non-hydrogen) atoms. The summed E-state index contributed by atoms with van der Waals surface area (Å²) in [7, 11) is 0. The fourth-order valence-electron chi connectivity index (χ4n) is 2.53. The predicted molar refractivity (Wildman–Crippen MR) is 71.0 cm³/mol. The lowest BCUT2D eigenvalue weighted by Crippen LogP contribution is -2.45. The van der Waals surface area contributed by atoms with Crippen molar-refractivity contribution in [1.82, 2.24) is 15.5 Å². The summed E-state index contributed by atoms with van der Waals surface area (Å²) in [4.78, 5) is 11.9. The highest BCUT2D eigenvalue weighted by molar-refractivity contribution is 5.79. The van der Waals surface area contributed by atoms with E-state index in [9.17, 15) is 4.79 Å². The zero-order valence-corrected chi connectivity index (χ0v) is 11.1. The van der Waals surface area contributed by atoms with Crippen LogP contribution in [0.2, 0.25) is 0 Å². The number of aromatic nitrogens is 2. The highest BCUT2D eigenvalue weighted by atomic mass is 16.1. The molecule has 0 spiro atoms. The van der Waals surface area contributed by atoms with Crippen molar-refractivity contribution in [3.05, 3.63) is 11.8 Å². The molecule has 1 amide bonds. The summed E-state index contributed by atoms with van der Waals surface area (Å²) in [5.74, 6) is 1.36. The van der Waals surface area contributed by atoms with Gasteiger partial charge >= 0.3 is 0 Å². The van der Waals surface area contributed by atoms with Crippen LogP contribution in [0.5, 0.6) is 0 Å². The molecule has 0 bridgehead atoms. The van der Waals surface area contributed by atoms with E-state index in [0.29, 0.717) is 17.8 Å². The quantitative estimate of drug-likeness (QED) is 0.745. The lowest BCUT2D eigenvalue weighted by atomic mass is 9.78. The van der Waals surface area contributed by atoms with Gasteiger partial charge in [0.05, 0.1) is 0 Å². The molecular weight excluding hydrogens is 228 g/mol. The number of rotatable bonds is 5. The Bertz CT molecular complexity index is 405. The summed E-state index contributed by atoms with van der Waals surface area (Å²) >= 11 is 0. The molecule has 100 valence electrons. The van der Waals surface area contributed by atoms with Gasteiger partial charge in [0.2, 0.25) is 5.91 Å². The molecule has 0 atom stereocenters. The van der Waals surface area contributed by atoms with Gasteiger partial charge in [-0.2, -0.15) is 5.10 Å². The molecule has 5 heteroatoms. The average Bonchev–Trinajstić information content (AvgIpc) is 2.71. The molecule has 0 saturated heterocycles. The van der Waals surface area contributed by atoms with E-state index in [0.717, 1.165) is 31.4 Å². The fraction of sp³-hybridized carbons (Fsp3) is 0.692. The summed E-state index contributed by atoms with van der Waals surface area (Å²) in [6.45, 7) is 4.12. The molecule has 1 saturated carbocycles. The molecule has 0 radical (unpaired) electrons. The number of hydrogen-bond donors (Lipinski definition) is 3. The summed E-state index contributed by atoms with van der Waals surface area (Å²) in [5.41, 5.74) is 6.66. The molecule has 1 fully saturated rings. The first-order valence-corrected chi connectivity index (χ1v) is 6.75. The van der Waals surface area contributed by atoms with Gasteiger partial charge in [0.15, 0.2) is 0 Å². The van der Waals surface area contributed by atoms with Crippen LogP contribution in [0.1, 0.15) is 51.1 Å². The number of anilines is 1. The molecule has 4 N–H and O–H groups in total. The number of hydrogen-bond acceptors (Lipinski definition) is 3. The Morgan fingerprint density at radius 2 is 2.22 bits per heavy atom. The van der Waals surface area contributed by atoms with E-state index < -0.39 is 0 Å². The van der Waals surface area contributed by atoms with Crippen LogP contribution in [0.4, 0.5) is 5.82 Å². The fourth-order valence-corrected chi connectivity index (χ4v) is 2.53. The second-order valence-electron chi connectivity index (χ2n) is 5.14. The Kier molecular flexibility index (Phi) is 3.89. The van der Waals surface area contributed by atoms with Crippen LogP contribution >= 0.6 is 0 Å². The monoisotopic (exact) mass is 250 g/mol. The summed E-state index contributed by atoms with van der Waals surface area (Å²) < 4.78 is 0. The van der Waals surface area contributed by atoms with E-state index in [1.807, 2.05) is 6.07 Å². The van der Waals surface area contributed by atoms with Crippen molar-refractivity contribution in [2.24, 2.45) is 5.92 Å². The maximum Gasteiger partial charge on any atom is 0.223 e. The van der Waals surface area contributed by atoms with Crippen LogP contribution in [0.25, 0.3) is 0 Å². The van der Waals surface area contributed by atoms with Gasteiger partial charge in [-0.05, 0) is 25.7 Å². The van der Waals surface area contributed by atoms with E-state index in [4.69, 9.17) is 5.73 Å². The number of nitrogens with one attached hydrogen (secondary N) is 2. The van der Waals surface area contributed by atoms with Gasteiger partial charge in [0.1, 0.15) is 5.82 Å². The SMILES string of the molecule is CCC(CC)C(=O)NC1CC(c2cc(N)n[nH]2)C1. The van der Waals surface area contributed by atoms with Gasteiger partial charge in [-0.15, -0.1) is 0 Å². The third kappa shape index (κ3) is 2.66. The van der Waals surface area contributed by atoms with Gasteiger partial charge < -0.3 is 11.1 Å². The molecule has 0 unspecified atom stereocenters. The normalized spacial score (nSPS) is 22.8. The highest BCUT2D eigenvalue weighted by Crippen LogP contribution is 2.36. The number of nitrogens with zero attached hydrogens (tertiary/aromatic N) is 1. The molecular formula is C13H22N4O. The van der Waals surface area contributed by atoms with E-state index in [-0.39, 0.29) is 11.8 Å². The largest absolute Gasteiger partial charge is 0.382 e. The number of amides is 1. The minimum Gasteiger partial charge on any atom is -0.382 e. The van der Waals surface area contributed by atoms with Gasteiger partial charge in [-0.3, -0.25) is 9.89 Å². The van der Waals surface area contributed by atoms with Gasteiger partial charge in [-0.1, -0.05) is 13.8 Å². The molecule has 1 aliphatic carbocycles. The van der Waals surface area contributed by atoms with Crippen LogP contribution in [0, 0.1) is 5.92 Å². The van der Waals surface area contributed by atoms with E-state index in [2.05, 4.69) is 29.4 Å². The number of aromatic amines is 1. The van der Waals surface area contributed by atoms with Crippen molar-refractivity contribution < 1.29 is 4.79 Å². The molecule has 1 aromatic rings. The first-order valence-electron chi connectivity index (χ1n) is 6.75. The number of nitrogen functional groups attached to an aromatic ring is 1. The minimum absolute atomic E-state index is 0.159. The number of carbonyl (C=O) groups is 1. The van der Waals surface area contributed by atoms with Crippen LogP contribution in [0.15, 0.2) is 6.07 Å². The molecule has 5 nitrogen and oxygen atoms in total. The average molecular weight is 250 g/mol. The van der Waals surface area contributed by atoms with E-state index in [1.54, 1.807) is 0 Å². The van der Waals surface area contributed by atoms with Gasteiger partial charge in [-0.25, -0.2) is 0 Å². The number of carbonyl (C=O) groups excluding carboxylic acids is 1. The van der Waals surface area contributed by atoms with Gasteiger partial charge in [0.25, 0.3) is 0 Å². The Hall–Kier alpha value is -1.52. The van der Waals surface area contributed by atoms with Crippen molar-refractivity contribution >= 4 is 11.7 Å². The smallest absolute Gasteiger partial charge is 0.223 e. The maximum atomic E-state index is 11.9. The summed E-state index contributed by atoms with van der Waals surface area (Å²) in [5, 5.41) is 9.98. The Morgan fingerprint density at radius 3 is 2.72 bits per heavy atom. The molecule has 1 heterocycles. The molecule has 0 aliphatic heterocycles. The van der Waals surface area contributed by atoms with Crippen molar-refractivity contribution in [2.45, 2.75) is 51.5 Å². The Labute approximate surface area is 108 Å². The van der Waals surface area contributed by atoms with E-state index in [1.165, 1.54) is 0 Å². The van der Waals surface area contributed by atoms with Crippen LogP contribution in [0.3, 0.4) is 0 Å². The van der Waals surface area contributed by atoms with Crippen molar-refractivity contribution in [1.29, 1.82) is 0 Å². The first-order chi connectivity index (χ1) is 8.63. The van der Waals surface area contributed by atoms with Gasteiger partial charge in [0, 0.05) is 29.6 Å². The van der Waals surface area contributed by atoms with Crippen LogP contribution < -0.4 is 11.1 Å².